The van der Waals surface area contributed by atoms with E-state index in [1.165, 1.54) is 12.3 Å². The monoisotopic (exact) mass is 588 g/mol. The number of anilines is 1. The van der Waals surface area contributed by atoms with Crippen molar-refractivity contribution in [2.75, 3.05) is 31.1 Å². The van der Waals surface area contributed by atoms with E-state index in [0.717, 1.165) is 0 Å². The maximum absolute atomic E-state index is 12.9. The van der Waals surface area contributed by atoms with Crippen molar-refractivity contribution in [1.29, 1.82) is 0 Å². The van der Waals surface area contributed by atoms with E-state index >= 15 is 0 Å². The zero-order valence-corrected chi connectivity index (χ0v) is 23.6. The summed E-state index contributed by atoms with van der Waals surface area (Å²) in [6.07, 6.45) is 1.35. The van der Waals surface area contributed by atoms with Crippen LogP contribution in [0.4, 0.5) is 11.4 Å². The van der Waals surface area contributed by atoms with Gasteiger partial charge in [-0.2, -0.15) is 5.10 Å². The van der Waals surface area contributed by atoms with Crippen molar-refractivity contribution in [2.45, 2.75) is 6.54 Å². The average Bonchev–Trinajstić information content (AvgIpc) is 3.07. The Bertz CT molecular complexity index is 1920. The molecule has 0 unspecified atom stereocenters. The molecule has 1 aliphatic rings. The van der Waals surface area contributed by atoms with E-state index in [2.05, 4.69) is 10.5 Å². The van der Waals surface area contributed by atoms with Crippen LogP contribution in [0, 0.1) is 10.1 Å². The Kier molecular flexibility index (Phi) is 7.83. The molecule has 0 spiro atoms. The molecular weight excluding hydrogens is 560 g/mol. The number of fused-ring (bicyclic) bond motifs is 2. The van der Waals surface area contributed by atoms with Gasteiger partial charge in [0.1, 0.15) is 12.2 Å². The summed E-state index contributed by atoms with van der Waals surface area (Å²) in [5.74, 6) is -0.482. The molecule has 2 amide bonds. The van der Waals surface area contributed by atoms with Gasteiger partial charge in [-0.15, -0.1) is 0 Å². The van der Waals surface area contributed by atoms with Crippen LogP contribution in [0.5, 0.6) is 0 Å². The molecule has 11 heteroatoms. The largest absolute Gasteiger partial charge is 0.362 e. The molecule has 0 saturated carbocycles. The SMILES string of the molecule is O=C(Cn1c2ccccc2c(=O)c2ccccc21)N/N=C\c1ccc(N2CCN(C(=O)c3ccccc3)CC2)c([N+](=O)[O-])c1. The average molecular weight is 589 g/mol. The maximum Gasteiger partial charge on any atom is 0.293 e. The maximum atomic E-state index is 12.9. The first-order valence-electron chi connectivity index (χ1n) is 14.1. The van der Waals surface area contributed by atoms with Crippen LogP contribution in [-0.4, -0.2) is 58.6 Å². The number of nitro groups is 1. The Morgan fingerprint density at radius 1 is 0.841 bits per heavy atom. The summed E-state index contributed by atoms with van der Waals surface area (Å²) >= 11 is 0. The second kappa shape index (κ2) is 12.2. The van der Waals surface area contributed by atoms with Crippen LogP contribution in [0.2, 0.25) is 0 Å². The second-order valence-electron chi connectivity index (χ2n) is 10.4. The van der Waals surface area contributed by atoms with Gasteiger partial charge in [0.25, 0.3) is 17.5 Å². The molecular formula is C33H28N6O5. The van der Waals surface area contributed by atoms with Crippen LogP contribution in [0.25, 0.3) is 21.8 Å². The summed E-state index contributed by atoms with van der Waals surface area (Å²) in [5.41, 5.74) is 5.08. The number of aromatic nitrogens is 1. The molecule has 1 aromatic heterocycles. The topological polar surface area (TPSA) is 130 Å². The highest BCUT2D eigenvalue weighted by Crippen LogP contribution is 2.30. The highest BCUT2D eigenvalue weighted by atomic mass is 16.6. The van der Waals surface area contributed by atoms with E-state index < -0.39 is 10.8 Å². The van der Waals surface area contributed by atoms with Crippen LogP contribution in [0.1, 0.15) is 15.9 Å². The Morgan fingerprint density at radius 3 is 2.09 bits per heavy atom. The highest BCUT2D eigenvalue weighted by molar-refractivity contribution is 5.95. The van der Waals surface area contributed by atoms with Crippen LogP contribution in [0.15, 0.2) is 107 Å². The fourth-order valence-corrected chi connectivity index (χ4v) is 5.55. The molecule has 2 heterocycles. The van der Waals surface area contributed by atoms with E-state index in [4.69, 9.17) is 0 Å². The fourth-order valence-electron chi connectivity index (χ4n) is 5.55. The molecule has 220 valence electrons. The van der Waals surface area contributed by atoms with Gasteiger partial charge in [0.2, 0.25) is 0 Å². The lowest BCUT2D eigenvalue weighted by atomic mass is 10.1. The van der Waals surface area contributed by atoms with Crippen molar-refractivity contribution in [3.05, 3.63) is 129 Å². The van der Waals surface area contributed by atoms with Crippen molar-refractivity contribution in [3.63, 3.8) is 0 Å². The third kappa shape index (κ3) is 5.62. The van der Waals surface area contributed by atoms with Crippen LogP contribution < -0.4 is 15.8 Å². The van der Waals surface area contributed by atoms with Gasteiger partial charge in [-0.05, 0) is 42.5 Å². The van der Waals surface area contributed by atoms with Crippen LogP contribution in [-0.2, 0) is 11.3 Å². The lowest BCUT2D eigenvalue weighted by Gasteiger charge is -2.35. The Balaban J connectivity index is 1.14. The standard InChI is InChI=1S/C33H28N6O5/c40-31(22-38-27-12-6-4-10-25(27)32(41)26-11-5-7-13-28(26)38)35-34-21-23-14-15-29(30(20-23)39(43)44)36-16-18-37(19-17-36)33(42)24-8-2-1-3-9-24/h1-15,20-21H,16-19,22H2,(H,35,40)/b34-21-. The number of carbonyl (C=O) groups excluding carboxylic acids is 2. The van der Waals surface area contributed by atoms with Gasteiger partial charge in [-0.1, -0.05) is 48.5 Å². The lowest BCUT2D eigenvalue weighted by Crippen LogP contribution is -2.49. The summed E-state index contributed by atoms with van der Waals surface area (Å²) in [7, 11) is 0. The lowest BCUT2D eigenvalue weighted by molar-refractivity contribution is -0.384. The van der Waals surface area contributed by atoms with Crippen LogP contribution in [0.3, 0.4) is 0 Å². The zero-order chi connectivity index (χ0) is 30.6. The third-order valence-electron chi connectivity index (χ3n) is 7.71. The number of rotatable bonds is 7. The summed E-state index contributed by atoms with van der Waals surface area (Å²) in [4.78, 5) is 53.8. The third-order valence-corrected chi connectivity index (χ3v) is 7.71. The number of nitro benzene ring substituents is 1. The minimum Gasteiger partial charge on any atom is -0.362 e. The van der Waals surface area contributed by atoms with Gasteiger partial charge in [0, 0.05) is 54.1 Å². The van der Waals surface area contributed by atoms with E-state index in [1.54, 1.807) is 70.1 Å². The molecule has 0 aliphatic carbocycles. The number of benzene rings is 4. The van der Waals surface area contributed by atoms with Gasteiger partial charge in [0.15, 0.2) is 5.43 Å². The fraction of sp³-hybridized carbons (Fsp3) is 0.152. The minimum absolute atomic E-state index is 0.0597. The quantitative estimate of drug-likeness (QED) is 0.131. The molecule has 1 saturated heterocycles. The zero-order valence-electron chi connectivity index (χ0n) is 23.6. The van der Waals surface area contributed by atoms with Gasteiger partial charge in [0.05, 0.1) is 22.2 Å². The number of piperazine rings is 1. The predicted octanol–water partition coefficient (Wildman–Crippen LogP) is 4.18. The van der Waals surface area contributed by atoms with Crippen molar-refractivity contribution < 1.29 is 14.5 Å². The van der Waals surface area contributed by atoms with E-state index in [1.807, 2.05) is 35.2 Å². The molecule has 0 bridgehead atoms. The second-order valence-corrected chi connectivity index (χ2v) is 10.4. The highest BCUT2D eigenvalue weighted by Gasteiger charge is 2.26. The van der Waals surface area contributed by atoms with Crippen molar-refractivity contribution >= 4 is 51.2 Å². The first-order chi connectivity index (χ1) is 21.4. The summed E-state index contributed by atoms with van der Waals surface area (Å²) in [6, 6.07) is 28.0. The number of para-hydroxylation sites is 2. The number of nitrogens with zero attached hydrogens (tertiary/aromatic N) is 5. The van der Waals surface area contributed by atoms with E-state index in [0.29, 0.717) is 64.8 Å². The van der Waals surface area contributed by atoms with Gasteiger partial charge in [-0.25, -0.2) is 5.43 Å². The van der Waals surface area contributed by atoms with Crippen molar-refractivity contribution in [2.24, 2.45) is 5.10 Å². The van der Waals surface area contributed by atoms with Crippen LogP contribution >= 0.6 is 0 Å². The minimum atomic E-state index is -0.445. The smallest absolute Gasteiger partial charge is 0.293 e. The van der Waals surface area contributed by atoms with Crippen molar-refractivity contribution in [1.82, 2.24) is 14.9 Å². The molecule has 6 rings (SSSR count). The van der Waals surface area contributed by atoms with Crippen molar-refractivity contribution in [3.8, 4) is 0 Å². The number of pyridine rings is 1. The Labute approximate surface area is 251 Å². The van der Waals surface area contributed by atoms with E-state index in [-0.39, 0.29) is 23.6 Å². The normalized spacial score (nSPS) is 13.5. The molecule has 1 N–H and O–H groups in total. The first kappa shape index (κ1) is 28.3. The molecule has 44 heavy (non-hydrogen) atoms. The molecule has 5 aromatic rings. The number of carbonyl (C=O) groups is 2. The molecule has 11 nitrogen and oxygen atoms in total. The summed E-state index contributed by atoms with van der Waals surface area (Å²) < 4.78 is 1.77. The molecule has 4 aromatic carbocycles. The summed E-state index contributed by atoms with van der Waals surface area (Å²) in [6.45, 7) is 1.71. The Morgan fingerprint density at radius 2 is 1.45 bits per heavy atom. The molecule has 0 atom stereocenters. The number of hydrazone groups is 1. The summed E-state index contributed by atoms with van der Waals surface area (Å²) in [5, 5.41) is 17.0. The number of hydrogen-bond acceptors (Lipinski definition) is 7. The number of nitrogens with one attached hydrogen (secondary N) is 1. The first-order valence-corrected chi connectivity index (χ1v) is 14.1. The Hall–Kier alpha value is -5.84. The number of amides is 2. The predicted molar refractivity (Wildman–Crippen MR) is 169 cm³/mol. The molecule has 0 radical (unpaired) electrons. The molecule has 1 fully saturated rings. The molecule has 1 aliphatic heterocycles. The van der Waals surface area contributed by atoms with E-state index in [9.17, 15) is 24.5 Å². The van der Waals surface area contributed by atoms with Gasteiger partial charge < -0.3 is 14.4 Å². The van der Waals surface area contributed by atoms with Gasteiger partial charge in [-0.3, -0.25) is 24.5 Å². The van der Waals surface area contributed by atoms with Gasteiger partial charge >= 0.3 is 0 Å². The number of hydrogen-bond donors (Lipinski definition) is 1.